The molecule has 2 N–H and O–H groups in total. The van der Waals surface area contributed by atoms with Crippen molar-refractivity contribution >= 4 is 39.1 Å². The number of sulfonamides is 1. The molecule has 218 valence electrons. The second-order valence-corrected chi connectivity index (χ2v) is 12.1. The Balaban J connectivity index is 1.39. The van der Waals surface area contributed by atoms with Crippen LogP contribution in [0.15, 0.2) is 44.8 Å². The number of ether oxygens (including phenoxy) is 1. The highest BCUT2D eigenvalue weighted by molar-refractivity contribution is 7.89. The van der Waals surface area contributed by atoms with Crippen LogP contribution in [0.2, 0.25) is 10.0 Å². The molecule has 1 aliphatic heterocycles. The summed E-state index contributed by atoms with van der Waals surface area (Å²) in [7, 11) is -4.18. The van der Waals surface area contributed by atoms with E-state index in [9.17, 15) is 36.7 Å². The van der Waals surface area contributed by atoms with E-state index in [-0.39, 0.29) is 65.2 Å². The van der Waals surface area contributed by atoms with Crippen LogP contribution in [0.1, 0.15) is 25.0 Å². The Morgan fingerprint density at radius 2 is 1.71 bits per heavy atom. The van der Waals surface area contributed by atoms with Gasteiger partial charge >= 0.3 is 5.69 Å². The van der Waals surface area contributed by atoms with Crippen LogP contribution < -0.4 is 16.0 Å². The van der Waals surface area contributed by atoms with Crippen LogP contribution in [-0.4, -0.2) is 69.6 Å². The second-order valence-electron chi connectivity index (χ2n) is 9.33. The SMILES string of the molecule is O=C(C1CC1)N1CCN(S(=O)(=O)c2cc(Oc3c(Cl)cc(-n4nc(C(F)F)c(=O)[nH]c4=O)cc3Cl)ccc2O)CC1. The predicted octanol–water partition coefficient (Wildman–Crippen LogP) is 2.91. The number of H-pyrrole nitrogens is 1. The Kier molecular flexibility index (Phi) is 7.80. The molecule has 1 amide bonds. The van der Waals surface area contributed by atoms with Gasteiger partial charge in [0.05, 0.1) is 15.7 Å². The van der Waals surface area contributed by atoms with Gasteiger partial charge in [-0.05, 0) is 37.1 Å². The fourth-order valence-corrected chi connectivity index (χ4v) is 6.33. The summed E-state index contributed by atoms with van der Waals surface area (Å²) in [6, 6.07) is 5.69. The molecule has 2 heterocycles. The zero-order valence-corrected chi connectivity index (χ0v) is 23.2. The van der Waals surface area contributed by atoms with Crippen LogP contribution in [0.5, 0.6) is 17.2 Å². The number of carbonyl (C=O) groups excluding carboxylic acids is 1. The van der Waals surface area contributed by atoms with Crippen LogP contribution in [-0.2, 0) is 14.8 Å². The summed E-state index contributed by atoms with van der Waals surface area (Å²) < 4.78 is 60.3. The topological polar surface area (TPSA) is 155 Å². The summed E-state index contributed by atoms with van der Waals surface area (Å²) in [5.41, 5.74) is -3.81. The number of piperazine rings is 1. The van der Waals surface area contributed by atoms with Crippen LogP contribution >= 0.6 is 23.2 Å². The highest BCUT2D eigenvalue weighted by Crippen LogP contribution is 2.40. The van der Waals surface area contributed by atoms with E-state index in [1.54, 1.807) is 9.88 Å². The number of halogens is 4. The van der Waals surface area contributed by atoms with E-state index in [2.05, 4.69) is 5.10 Å². The first kappa shape index (κ1) is 29.0. The molecule has 1 aromatic heterocycles. The zero-order valence-electron chi connectivity index (χ0n) is 20.9. The molecule has 2 aliphatic rings. The van der Waals surface area contributed by atoms with Gasteiger partial charge in [-0.3, -0.25) is 14.6 Å². The van der Waals surface area contributed by atoms with Gasteiger partial charge in [0.25, 0.3) is 12.0 Å². The van der Waals surface area contributed by atoms with Crippen molar-refractivity contribution in [2.75, 3.05) is 26.2 Å². The average Bonchev–Trinajstić information content (AvgIpc) is 3.76. The van der Waals surface area contributed by atoms with E-state index in [0.29, 0.717) is 4.68 Å². The van der Waals surface area contributed by atoms with Crippen molar-refractivity contribution in [2.45, 2.75) is 24.2 Å². The van der Waals surface area contributed by atoms with Crippen molar-refractivity contribution < 1.29 is 31.8 Å². The molecule has 0 bridgehead atoms. The summed E-state index contributed by atoms with van der Waals surface area (Å²) in [4.78, 5) is 39.0. The number of carbonyl (C=O) groups is 1. The maximum absolute atomic E-state index is 13.3. The fourth-order valence-electron chi connectivity index (χ4n) is 4.26. The molecular formula is C24H21Cl2F2N5O7S. The van der Waals surface area contributed by atoms with E-state index in [1.807, 2.05) is 0 Å². The minimum absolute atomic E-state index is 0.0211. The van der Waals surface area contributed by atoms with Crippen LogP contribution in [0, 0.1) is 5.92 Å². The standard InChI is InChI=1S/C24H21Cl2F2N5O7S/c25-15-9-13(33-24(37)29-22(35)19(30-33)21(27)28)10-16(26)20(15)40-14-3-4-17(34)18(11-14)41(38,39)32-7-5-31(6-8-32)23(36)12-1-2-12/h3-4,9-12,21,34H,1-2,5-8H2,(H,29,35,37). The van der Waals surface area contributed by atoms with Gasteiger partial charge in [-0.1, -0.05) is 23.2 Å². The molecule has 41 heavy (non-hydrogen) atoms. The molecule has 3 aromatic rings. The number of amides is 1. The summed E-state index contributed by atoms with van der Waals surface area (Å²) in [6.45, 7) is 0.565. The Bertz CT molecular complexity index is 1730. The molecule has 12 nitrogen and oxygen atoms in total. The normalized spacial score (nSPS) is 16.3. The monoisotopic (exact) mass is 631 g/mol. The number of benzene rings is 2. The number of phenols is 1. The smallest absolute Gasteiger partial charge is 0.349 e. The fraction of sp³-hybridized carbons (Fsp3) is 0.333. The predicted molar refractivity (Wildman–Crippen MR) is 142 cm³/mol. The maximum Gasteiger partial charge on any atom is 0.349 e. The van der Waals surface area contributed by atoms with Crippen LogP contribution in [0.3, 0.4) is 0 Å². The first-order valence-electron chi connectivity index (χ1n) is 12.2. The lowest BCUT2D eigenvalue weighted by atomic mass is 10.3. The quantitative estimate of drug-likeness (QED) is 0.403. The van der Waals surface area contributed by atoms with Crippen molar-refractivity contribution in [3.63, 3.8) is 0 Å². The molecule has 5 rings (SSSR count). The molecular weight excluding hydrogens is 611 g/mol. The van der Waals surface area contributed by atoms with Crippen LogP contribution in [0.25, 0.3) is 5.69 Å². The van der Waals surface area contributed by atoms with Gasteiger partial charge in [-0.15, -0.1) is 0 Å². The number of rotatable bonds is 7. The molecule has 0 atom stereocenters. The minimum Gasteiger partial charge on any atom is -0.507 e. The largest absolute Gasteiger partial charge is 0.507 e. The van der Waals surface area contributed by atoms with E-state index >= 15 is 0 Å². The number of nitrogens with zero attached hydrogens (tertiary/aromatic N) is 4. The van der Waals surface area contributed by atoms with Crippen molar-refractivity contribution in [3.05, 3.63) is 66.9 Å². The van der Waals surface area contributed by atoms with E-state index in [0.717, 1.165) is 37.1 Å². The number of nitrogens with one attached hydrogen (secondary N) is 1. The van der Waals surface area contributed by atoms with E-state index in [4.69, 9.17) is 27.9 Å². The van der Waals surface area contributed by atoms with Crippen molar-refractivity contribution in [2.24, 2.45) is 5.92 Å². The summed E-state index contributed by atoms with van der Waals surface area (Å²) in [5.74, 6) is -0.729. The summed E-state index contributed by atoms with van der Waals surface area (Å²) in [6.07, 6.45) is -1.57. The minimum atomic E-state index is -4.18. The summed E-state index contributed by atoms with van der Waals surface area (Å²) in [5, 5.41) is 13.3. The number of aromatic nitrogens is 3. The first-order chi connectivity index (χ1) is 19.4. The van der Waals surface area contributed by atoms with E-state index < -0.39 is 44.0 Å². The number of phenolic OH excluding ortho intramolecular Hbond substituents is 1. The van der Waals surface area contributed by atoms with Crippen LogP contribution in [0.4, 0.5) is 8.78 Å². The Morgan fingerprint density at radius 3 is 2.29 bits per heavy atom. The molecule has 0 unspecified atom stereocenters. The van der Waals surface area contributed by atoms with Gasteiger partial charge in [-0.25, -0.2) is 22.0 Å². The highest BCUT2D eigenvalue weighted by Gasteiger charge is 2.37. The molecule has 2 fully saturated rings. The lowest BCUT2D eigenvalue weighted by Gasteiger charge is -2.34. The van der Waals surface area contributed by atoms with Gasteiger partial charge in [-0.2, -0.15) is 14.1 Å². The number of aromatic amines is 1. The Morgan fingerprint density at radius 1 is 1.07 bits per heavy atom. The highest BCUT2D eigenvalue weighted by atomic mass is 35.5. The van der Waals surface area contributed by atoms with Gasteiger partial charge in [0.15, 0.2) is 11.4 Å². The number of hydrogen-bond acceptors (Lipinski definition) is 8. The third-order valence-corrected chi connectivity index (χ3v) is 9.02. The third-order valence-electron chi connectivity index (χ3n) is 6.53. The molecule has 1 aliphatic carbocycles. The number of alkyl halides is 2. The molecule has 0 spiro atoms. The van der Waals surface area contributed by atoms with Gasteiger partial charge in [0, 0.05) is 38.2 Å². The average molecular weight is 632 g/mol. The molecule has 0 radical (unpaired) electrons. The van der Waals surface area contributed by atoms with Crippen molar-refractivity contribution in [1.29, 1.82) is 0 Å². The molecule has 2 aromatic carbocycles. The lowest BCUT2D eigenvalue weighted by Crippen LogP contribution is -2.50. The number of hydrogen-bond donors (Lipinski definition) is 2. The van der Waals surface area contributed by atoms with Gasteiger partial charge in [0.2, 0.25) is 15.9 Å². The van der Waals surface area contributed by atoms with E-state index in [1.165, 1.54) is 10.4 Å². The summed E-state index contributed by atoms with van der Waals surface area (Å²) >= 11 is 12.6. The Hall–Kier alpha value is -3.53. The molecule has 17 heteroatoms. The Labute approximate surface area is 240 Å². The first-order valence-corrected chi connectivity index (χ1v) is 14.4. The maximum atomic E-state index is 13.3. The molecule has 1 saturated carbocycles. The second kappa shape index (κ2) is 11.0. The number of aromatic hydroxyl groups is 1. The van der Waals surface area contributed by atoms with Gasteiger partial charge in [0.1, 0.15) is 16.4 Å². The lowest BCUT2D eigenvalue weighted by molar-refractivity contribution is -0.133. The molecule has 1 saturated heterocycles. The van der Waals surface area contributed by atoms with Crippen molar-refractivity contribution in [1.82, 2.24) is 24.0 Å². The zero-order chi connectivity index (χ0) is 29.6. The van der Waals surface area contributed by atoms with Crippen molar-refractivity contribution in [3.8, 4) is 22.9 Å². The third kappa shape index (κ3) is 5.80. The van der Waals surface area contributed by atoms with Gasteiger partial charge < -0.3 is 14.7 Å².